The maximum atomic E-state index is 13.3. The van der Waals surface area contributed by atoms with Gasteiger partial charge in [0.05, 0.1) is 17.8 Å². The summed E-state index contributed by atoms with van der Waals surface area (Å²) < 4.78 is 1.77. The van der Waals surface area contributed by atoms with Crippen LogP contribution >= 0.6 is 11.3 Å². The number of amides is 1. The number of carbonyl (C=O) groups excluding carboxylic acids is 1. The van der Waals surface area contributed by atoms with Gasteiger partial charge in [-0.15, -0.1) is 11.3 Å². The van der Waals surface area contributed by atoms with Crippen LogP contribution in [0, 0.1) is 6.92 Å². The Bertz CT molecular complexity index is 1150. The van der Waals surface area contributed by atoms with Gasteiger partial charge in [0.2, 0.25) is 0 Å². The smallest absolute Gasteiger partial charge is 0.270 e. The molecule has 0 spiro atoms. The first-order valence-corrected chi connectivity index (χ1v) is 11.9. The van der Waals surface area contributed by atoms with Gasteiger partial charge < -0.3 is 9.88 Å². The normalized spacial score (nSPS) is 19.3. The van der Waals surface area contributed by atoms with Crippen LogP contribution < -0.4 is 5.56 Å². The minimum atomic E-state index is -0.0263. The van der Waals surface area contributed by atoms with E-state index in [0.29, 0.717) is 12.2 Å². The largest absolute Gasteiger partial charge is 0.354 e. The summed E-state index contributed by atoms with van der Waals surface area (Å²) in [5.41, 5.74) is 4.37. The molecule has 1 fully saturated rings. The van der Waals surface area contributed by atoms with Crippen LogP contribution in [-0.4, -0.2) is 38.4 Å². The summed E-state index contributed by atoms with van der Waals surface area (Å²) >= 11 is 1.60. The average Bonchev–Trinajstić information content (AvgIpc) is 3.34. The molecular weight excluding hydrogens is 396 g/mol. The molecule has 1 amide bonds. The summed E-state index contributed by atoms with van der Waals surface area (Å²) in [6, 6.07) is 2.02. The van der Waals surface area contributed by atoms with Gasteiger partial charge in [-0.05, 0) is 69.1 Å². The Kier molecular flexibility index (Phi) is 5.01. The first kappa shape index (κ1) is 19.5. The summed E-state index contributed by atoms with van der Waals surface area (Å²) in [6.07, 6.45) is 8.78. The Labute approximate surface area is 179 Å². The van der Waals surface area contributed by atoms with Crippen LogP contribution in [-0.2, 0) is 19.3 Å². The standard InChI is InChI=1S/C23H28N4O2S/c1-3-17-14(2)30-21-20(17)23(29)27(13-24-21)16-8-6-10-26(12-16)22(28)19-11-15-7-4-5-9-18(15)25-19/h11,13,16,25H,3-10,12H2,1-2H3/t16-/m1/s1. The topological polar surface area (TPSA) is 71.0 Å². The zero-order valence-electron chi connectivity index (χ0n) is 17.7. The molecule has 1 aliphatic heterocycles. The fourth-order valence-corrected chi connectivity index (χ4v) is 6.18. The summed E-state index contributed by atoms with van der Waals surface area (Å²) in [6.45, 7) is 5.44. The Balaban J connectivity index is 1.43. The summed E-state index contributed by atoms with van der Waals surface area (Å²) in [5, 5.41) is 0.767. The third-order valence-corrected chi connectivity index (χ3v) is 7.77. The van der Waals surface area contributed by atoms with Crippen molar-refractivity contribution in [3.63, 3.8) is 0 Å². The van der Waals surface area contributed by atoms with E-state index in [-0.39, 0.29) is 17.5 Å². The number of piperidine rings is 1. The zero-order valence-corrected chi connectivity index (χ0v) is 18.5. The van der Waals surface area contributed by atoms with Gasteiger partial charge in [0.1, 0.15) is 10.5 Å². The number of nitrogens with one attached hydrogen (secondary N) is 1. The fourth-order valence-electron chi connectivity index (χ4n) is 5.11. The average molecular weight is 425 g/mol. The van der Waals surface area contributed by atoms with Gasteiger partial charge in [0.15, 0.2) is 0 Å². The second kappa shape index (κ2) is 7.69. The van der Waals surface area contributed by atoms with E-state index >= 15 is 0 Å². The van der Waals surface area contributed by atoms with E-state index < -0.39 is 0 Å². The molecule has 0 aromatic carbocycles. The molecule has 5 rings (SSSR count). The molecule has 0 unspecified atom stereocenters. The van der Waals surface area contributed by atoms with Crippen molar-refractivity contribution in [2.45, 2.75) is 64.8 Å². The Hall–Kier alpha value is -2.41. The number of nitrogens with zero attached hydrogens (tertiary/aromatic N) is 3. The predicted molar refractivity (Wildman–Crippen MR) is 120 cm³/mol. The zero-order chi connectivity index (χ0) is 20.8. The SMILES string of the molecule is CCc1c(C)sc2ncn([C@@H]3CCCN(C(=O)c4cc5c([nH]4)CCCC5)C3)c(=O)c12. The van der Waals surface area contributed by atoms with Gasteiger partial charge in [-0.25, -0.2) is 4.98 Å². The first-order valence-electron chi connectivity index (χ1n) is 11.1. The van der Waals surface area contributed by atoms with Crippen molar-refractivity contribution < 1.29 is 4.79 Å². The molecule has 3 aromatic rings. The van der Waals surface area contributed by atoms with Crippen molar-refractivity contribution in [2.75, 3.05) is 13.1 Å². The number of likely N-dealkylation sites (tertiary alicyclic amines) is 1. The summed E-state index contributed by atoms with van der Waals surface area (Å²) in [4.78, 5) is 38.4. The van der Waals surface area contributed by atoms with Crippen molar-refractivity contribution >= 4 is 27.5 Å². The molecule has 1 saturated heterocycles. The van der Waals surface area contributed by atoms with E-state index in [1.54, 1.807) is 22.2 Å². The highest BCUT2D eigenvalue weighted by atomic mass is 32.1. The number of fused-ring (bicyclic) bond motifs is 2. The van der Waals surface area contributed by atoms with Gasteiger partial charge in [0, 0.05) is 23.7 Å². The van der Waals surface area contributed by atoms with Crippen molar-refractivity contribution in [3.8, 4) is 0 Å². The van der Waals surface area contributed by atoms with E-state index in [2.05, 4.69) is 23.8 Å². The van der Waals surface area contributed by atoms with Crippen LogP contribution in [0.2, 0.25) is 0 Å². The van der Waals surface area contributed by atoms with Crippen LogP contribution in [0.5, 0.6) is 0 Å². The Morgan fingerprint density at radius 2 is 2.13 bits per heavy atom. The molecular formula is C23H28N4O2S. The molecule has 1 atom stereocenters. The monoisotopic (exact) mass is 424 g/mol. The number of carbonyl (C=O) groups is 1. The number of hydrogen-bond donors (Lipinski definition) is 1. The second-order valence-electron chi connectivity index (χ2n) is 8.57. The maximum Gasteiger partial charge on any atom is 0.270 e. The molecule has 1 aliphatic carbocycles. The first-order chi connectivity index (χ1) is 14.6. The maximum absolute atomic E-state index is 13.3. The number of thiophene rings is 1. The quantitative estimate of drug-likeness (QED) is 0.690. The molecule has 30 heavy (non-hydrogen) atoms. The molecule has 3 aromatic heterocycles. The predicted octanol–water partition coefficient (Wildman–Crippen LogP) is 4.01. The number of H-pyrrole nitrogens is 1. The highest BCUT2D eigenvalue weighted by Crippen LogP contribution is 2.29. The summed E-state index contributed by atoms with van der Waals surface area (Å²) in [7, 11) is 0. The van der Waals surface area contributed by atoms with Crippen LogP contribution in [0.4, 0.5) is 0 Å². The molecule has 7 heteroatoms. The third kappa shape index (κ3) is 3.20. The van der Waals surface area contributed by atoms with Crippen LogP contribution in [0.1, 0.15) is 70.8 Å². The molecule has 2 aliphatic rings. The van der Waals surface area contributed by atoms with Crippen molar-refractivity contribution in [2.24, 2.45) is 0 Å². The van der Waals surface area contributed by atoms with Crippen LogP contribution in [0.25, 0.3) is 10.2 Å². The molecule has 0 radical (unpaired) electrons. The highest BCUT2D eigenvalue weighted by molar-refractivity contribution is 7.18. The number of aryl methyl sites for hydroxylation is 4. The molecule has 0 bridgehead atoms. The molecule has 6 nitrogen and oxygen atoms in total. The van der Waals surface area contributed by atoms with E-state index in [0.717, 1.165) is 54.4 Å². The number of hydrogen-bond acceptors (Lipinski definition) is 4. The van der Waals surface area contributed by atoms with Gasteiger partial charge in [0.25, 0.3) is 11.5 Å². The van der Waals surface area contributed by atoms with E-state index in [1.165, 1.54) is 29.0 Å². The van der Waals surface area contributed by atoms with Gasteiger partial charge >= 0.3 is 0 Å². The third-order valence-electron chi connectivity index (χ3n) is 6.71. The van der Waals surface area contributed by atoms with E-state index in [1.807, 2.05) is 11.0 Å². The number of aromatic nitrogens is 3. The lowest BCUT2D eigenvalue weighted by molar-refractivity contribution is 0.0672. The van der Waals surface area contributed by atoms with Crippen molar-refractivity contribution in [3.05, 3.63) is 50.1 Å². The van der Waals surface area contributed by atoms with E-state index in [9.17, 15) is 9.59 Å². The fraction of sp³-hybridized carbons (Fsp3) is 0.522. The Morgan fingerprint density at radius 3 is 2.93 bits per heavy atom. The minimum absolute atomic E-state index is 0.0263. The van der Waals surface area contributed by atoms with Crippen LogP contribution in [0.3, 0.4) is 0 Å². The minimum Gasteiger partial charge on any atom is -0.354 e. The van der Waals surface area contributed by atoms with Gasteiger partial charge in [-0.2, -0.15) is 0 Å². The van der Waals surface area contributed by atoms with E-state index in [4.69, 9.17) is 0 Å². The van der Waals surface area contributed by atoms with Gasteiger partial charge in [-0.3, -0.25) is 14.2 Å². The van der Waals surface area contributed by atoms with Crippen molar-refractivity contribution in [1.29, 1.82) is 0 Å². The summed E-state index contributed by atoms with van der Waals surface area (Å²) in [5.74, 6) is 0.0526. The molecule has 4 heterocycles. The highest BCUT2D eigenvalue weighted by Gasteiger charge is 2.28. The van der Waals surface area contributed by atoms with Crippen LogP contribution in [0.15, 0.2) is 17.2 Å². The number of aromatic amines is 1. The lowest BCUT2D eigenvalue weighted by Crippen LogP contribution is -2.43. The second-order valence-corrected chi connectivity index (χ2v) is 9.77. The number of rotatable bonds is 3. The molecule has 0 saturated carbocycles. The van der Waals surface area contributed by atoms with Gasteiger partial charge in [-0.1, -0.05) is 6.92 Å². The lowest BCUT2D eigenvalue weighted by Gasteiger charge is -2.33. The molecule has 158 valence electrons. The Morgan fingerprint density at radius 1 is 1.30 bits per heavy atom. The molecule has 1 N–H and O–H groups in total. The van der Waals surface area contributed by atoms with Crippen molar-refractivity contribution in [1.82, 2.24) is 19.4 Å². The lowest BCUT2D eigenvalue weighted by atomic mass is 9.98.